The minimum absolute atomic E-state index is 0.110. The van der Waals surface area contributed by atoms with Gasteiger partial charge in [-0.15, -0.1) is 11.8 Å². The molecule has 1 heterocycles. The van der Waals surface area contributed by atoms with Crippen molar-refractivity contribution in [3.63, 3.8) is 0 Å². The van der Waals surface area contributed by atoms with Crippen LogP contribution in [0, 0.1) is 15.8 Å². The van der Waals surface area contributed by atoms with Crippen molar-refractivity contribution >= 4 is 63.5 Å². The minimum atomic E-state index is -0.665. The molecule has 6 heteroatoms. The molecule has 1 aliphatic heterocycles. The van der Waals surface area contributed by atoms with Gasteiger partial charge in [0, 0.05) is 32.6 Å². The van der Waals surface area contributed by atoms with Crippen LogP contribution in [0.25, 0.3) is 0 Å². The molecule has 0 aliphatic carbocycles. The average Bonchev–Trinajstić information content (AvgIpc) is 2.95. The van der Waals surface area contributed by atoms with E-state index >= 15 is 0 Å². The summed E-state index contributed by atoms with van der Waals surface area (Å²) in [5.74, 6) is 3.39. The van der Waals surface area contributed by atoms with Gasteiger partial charge in [-0.3, -0.25) is 4.79 Å². The third kappa shape index (κ3) is 3.98. The summed E-state index contributed by atoms with van der Waals surface area (Å²) in [5, 5.41) is 1.18. The topological polar surface area (TPSA) is 20.3 Å². The van der Waals surface area contributed by atoms with Gasteiger partial charge in [0.1, 0.15) is 4.87 Å². The van der Waals surface area contributed by atoms with E-state index in [4.69, 9.17) is 23.2 Å². The van der Waals surface area contributed by atoms with Gasteiger partial charge in [-0.25, -0.2) is 0 Å². The largest absolute Gasteiger partial charge is 0.308 e. The smallest absolute Gasteiger partial charge is 0.238 e. The van der Waals surface area contributed by atoms with Gasteiger partial charge in [0.2, 0.25) is 5.91 Å². The molecule has 1 atom stereocenters. The van der Waals surface area contributed by atoms with Crippen LogP contribution in [0.2, 0.25) is 10.0 Å². The standard InChI is InChI=1S/C21H18Cl2INOS/c1-14(2)19-20(26)25(13-3-12-24)21(27-19,15-4-8-17(22)9-5-15)16-6-10-18(23)11-7-16/h4-11,14,19H,13H2,1-2H3. The first kappa shape index (κ1) is 20.9. The number of hydrogen-bond donors (Lipinski definition) is 0. The molecule has 1 saturated heterocycles. The van der Waals surface area contributed by atoms with Crippen molar-refractivity contribution in [1.82, 2.24) is 4.90 Å². The van der Waals surface area contributed by atoms with E-state index in [2.05, 4.69) is 23.7 Å². The van der Waals surface area contributed by atoms with Crippen molar-refractivity contribution in [2.75, 3.05) is 6.54 Å². The van der Waals surface area contributed by atoms with Crippen molar-refractivity contribution in [3.8, 4) is 9.85 Å². The number of rotatable bonds is 4. The second-order valence-corrected chi connectivity index (χ2v) is 9.38. The molecule has 0 bridgehead atoms. The summed E-state index contributed by atoms with van der Waals surface area (Å²) in [6, 6.07) is 15.4. The Bertz CT molecular complexity index is 842. The summed E-state index contributed by atoms with van der Waals surface area (Å²) in [6.45, 7) is 4.53. The normalized spacial score (nSPS) is 18.5. The lowest BCUT2D eigenvalue weighted by Gasteiger charge is -2.37. The molecule has 140 valence electrons. The van der Waals surface area contributed by atoms with Crippen LogP contribution in [0.1, 0.15) is 25.0 Å². The first-order chi connectivity index (χ1) is 12.9. The molecule has 1 aliphatic rings. The molecule has 27 heavy (non-hydrogen) atoms. The molecule has 0 radical (unpaired) electrons. The highest BCUT2D eigenvalue weighted by Crippen LogP contribution is 2.54. The molecule has 0 N–H and O–H groups in total. The molecule has 2 nitrogen and oxygen atoms in total. The Morgan fingerprint density at radius 2 is 1.56 bits per heavy atom. The maximum Gasteiger partial charge on any atom is 0.238 e. The number of amides is 1. The third-order valence-corrected chi connectivity index (χ3v) is 7.49. The Morgan fingerprint density at radius 3 is 1.96 bits per heavy atom. The van der Waals surface area contributed by atoms with Gasteiger partial charge in [0.05, 0.1) is 11.8 Å². The monoisotopic (exact) mass is 529 g/mol. The van der Waals surface area contributed by atoms with Crippen LogP contribution < -0.4 is 0 Å². The zero-order chi connectivity index (χ0) is 19.6. The Labute approximate surface area is 188 Å². The lowest BCUT2D eigenvalue weighted by molar-refractivity contribution is -0.131. The predicted molar refractivity (Wildman–Crippen MR) is 123 cm³/mol. The van der Waals surface area contributed by atoms with Crippen LogP contribution in [0.15, 0.2) is 48.5 Å². The van der Waals surface area contributed by atoms with Crippen molar-refractivity contribution < 1.29 is 4.79 Å². The highest BCUT2D eigenvalue weighted by molar-refractivity contribution is 14.1. The summed E-state index contributed by atoms with van der Waals surface area (Å²) in [6.07, 6.45) is 0. The highest BCUT2D eigenvalue weighted by Gasteiger charge is 2.54. The fourth-order valence-corrected chi connectivity index (χ4v) is 5.41. The molecule has 2 aromatic carbocycles. The minimum Gasteiger partial charge on any atom is -0.308 e. The number of halogens is 3. The van der Waals surface area contributed by atoms with E-state index in [1.54, 1.807) is 11.8 Å². The van der Waals surface area contributed by atoms with Crippen LogP contribution in [0.3, 0.4) is 0 Å². The van der Waals surface area contributed by atoms with E-state index in [1.165, 1.54) is 0 Å². The maximum atomic E-state index is 13.3. The lowest BCUT2D eigenvalue weighted by atomic mass is 9.95. The second-order valence-electron chi connectivity index (χ2n) is 6.64. The van der Waals surface area contributed by atoms with Crippen LogP contribution >= 0.6 is 57.6 Å². The predicted octanol–water partition coefficient (Wildman–Crippen LogP) is 6.19. The molecule has 1 unspecified atom stereocenters. The van der Waals surface area contributed by atoms with Crippen LogP contribution in [-0.4, -0.2) is 22.6 Å². The molecule has 0 saturated carbocycles. The van der Waals surface area contributed by atoms with E-state index in [1.807, 2.05) is 76.0 Å². The Hall–Kier alpha value is -0.870. The van der Waals surface area contributed by atoms with E-state index in [0.29, 0.717) is 16.6 Å². The Kier molecular flexibility index (Phi) is 6.68. The van der Waals surface area contributed by atoms with Gasteiger partial charge in [-0.2, -0.15) is 0 Å². The van der Waals surface area contributed by atoms with E-state index in [9.17, 15) is 4.79 Å². The maximum absolute atomic E-state index is 13.3. The van der Waals surface area contributed by atoms with Crippen LogP contribution in [0.5, 0.6) is 0 Å². The third-order valence-electron chi connectivity index (χ3n) is 4.57. The zero-order valence-electron chi connectivity index (χ0n) is 14.9. The molecule has 0 spiro atoms. The number of nitrogens with zero attached hydrogens (tertiary/aromatic N) is 1. The summed E-state index contributed by atoms with van der Waals surface area (Å²) >= 11 is 15.9. The molecular formula is C21H18Cl2INOS. The Morgan fingerprint density at radius 1 is 1.07 bits per heavy atom. The summed E-state index contributed by atoms with van der Waals surface area (Å²) in [4.78, 5) is 14.6. The molecule has 1 fully saturated rings. The summed E-state index contributed by atoms with van der Waals surface area (Å²) < 4.78 is 2.89. The number of thioether (sulfide) groups is 1. The summed E-state index contributed by atoms with van der Waals surface area (Å²) in [7, 11) is 0. The SMILES string of the molecule is CC(C)C1SC(c2ccc(Cl)cc2)(c2ccc(Cl)cc2)N(CC#CI)C1=O. The van der Waals surface area contributed by atoms with Gasteiger partial charge in [-0.05, 0) is 45.2 Å². The molecule has 3 rings (SSSR count). The van der Waals surface area contributed by atoms with E-state index in [-0.39, 0.29) is 17.1 Å². The lowest BCUT2D eigenvalue weighted by Crippen LogP contribution is -2.44. The van der Waals surface area contributed by atoms with Gasteiger partial charge in [0.25, 0.3) is 0 Å². The van der Waals surface area contributed by atoms with Crippen LogP contribution in [-0.2, 0) is 9.67 Å². The van der Waals surface area contributed by atoms with Crippen LogP contribution in [0.4, 0.5) is 0 Å². The zero-order valence-corrected chi connectivity index (χ0v) is 19.4. The van der Waals surface area contributed by atoms with Gasteiger partial charge in [0.15, 0.2) is 0 Å². The van der Waals surface area contributed by atoms with Crippen molar-refractivity contribution in [2.24, 2.45) is 5.92 Å². The number of hydrogen-bond acceptors (Lipinski definition) is 2. The van der Waals surface area contributed by atoms with Gasteiger partial charge < -0.3 is 4.90 Å². The fraction of sp³-hybridized carbons (Fsp3) is 0.286. The van der Waals surface area contributed by atoms with Gasteiger partial charge >= 0.3 is 0 Å². The molecule has 0 aromatic heterocycles. The van der Waals surface area contributed by atoms with Crippen molar-refractivity contribution in [3.05, 3.63) is 69.7 Å². The number of benzene rings is 2. The highest BCUT2D eigenvalue weighted by atomic mass is 127. The van der Waals surface area contributed by atoms with E-state index in [0.717, 1.165) is 11.1 Å². The second kappa shape index (κ2) is 8.65. The van der Waals surface area contributed by atoms with Gasteiger partial charge in [-0.1, -0.05) is 67.2 Å². The number of carbonyl (C=O) groups is 1. The van der Waals surface area contributed by atoms with E-state index < -0.39 is 4.87 Å². The molecular weight excluding hydrogens is 512 g/mol. The summed E-state index contributed by atoms with van der Waals surface area (Å²) in [5.41, 5.74) is 2.01. The number of carbonyl (C=O) groups excluding carboxylic acids is 1. The molecule has 2 aromatic rings. The quantitative estimate of drug-likeness (QED) is 0.347. The molecule has 1 amide bonds. The Balaban J connectivity index is 2.25. The first-order valence-corrected chi connectivity index (χ1v) is 11.2. The van der Waals surface area contributed by atoms with Crippen molar-refractivity contribution in [1.29, 1.82) is 0 Å². The average molecular weight is 530 g/mol. The fourth-order valence-electron chi connectivity index (χ4n) is 3.29. The van der Waals surface area contributed by atoms with Crippen molar-refractivity contribution in [2.45, 2.75) is 24.0 Å². The first-order valence-electron chi connectivity index (χ1n) is 8.50.